The summed E-state index contributed by atoms with van der Waals surface area (Å²) in [6, 6.07) is 18.8. The number of hydrogen-bond acceptors (Lipinski definition) is 8. The number of hydrogen-bond donors (Lipinski definition) is 1. The van der Waals surface area contributed by atoms with Gasteiger partial charge in [0.15, 0.2) is 11.5 Å². The summed E-state index contributed by atoms with van der Waals surface area (Å²) in [6.45, 7) is 1.59. The SMILES string of the molecule is COc1ccc(-c2ccc3nc(-c4cccnc4N)n(-c4ccc(COC(C)=O)cc4)c3n2)nc1. The number of pyridine rings is 3. The lowest BCUT2D eigenvalue weighted by Crippen LogP contribution is -2.03. The van der Waals surface area contributed by atoms with Crippen molar-refractivity contribution in [3.8, 4) is 34.2 Å². The number of benzene rings is 1. The Labute approximate surface area is 201 Å². The quantitative estimate of drug-likeness (QED) is 0.370. The maximum Gasteiger partial charge on any atom is 0.302 e. The van der Waals surface area contributed by atoms with Gasteiger partial charge in [0.05, 0.1) is 30.3 Å². The lowest BCUT2D eigenvalue weighted by molar-refractivity contribution is -0.142. The molecule has 174 valence electrons. The number of carbonyl (C=O) groups excluding carboxylic acids is 1. The third kappa shape index (κ3) is 4.39. The van der Waals surface area contributed by atoms with Gasteiger partial charge in [-0.25, -0.2) is 15.0 Å². The molecule has 9 nitrogen and oxygen atoms in total. The Bertz CT molecular complexity index is 1510. The van der Waals surface area contributed by atoms with Gasteiger partial charge < -0.3 is 15.2 Å². The largest absolute Gasteiger partial charge is 0.495 e. The molecular formula is C26H22N6O3. The molecule has 0 fully saturated rings. The van der Waals surface area contributed by atoms with Crippen LogP contribution in [0.1, 0.15) is 12.5 Å². The van der Waals surface area contributed by atoms with Crippen LogP contribution >= 0.6 is 0 Å². The van der Waals surface area contributed by atoms with Crippen LogP contribution in [0.4, 0.5) is 5.82 Å². The van der Waals surface area contributed by atoms with Crippen LogP contribution in [0.5, 0.6) is 5.75 Å². The number of methoxy groups -OCH3 is 1. The molecule has 0 aliphatic heterocycles. The van der Waals surface area contributed by atoms with E-state index in [0.29, 0.717) is 45.5 Å². The zero-order valence-corrected chi connectivity index (χ0v) is 19.2. The second-order valence-corrected chi connectivity index (χ2v) is 7.78. The fourth-order valence-electron chi connectivity index (χ4n) is 3.71. The predicted molar refractivity (Wildman–Crippen MR) is 132 cm³/mol. The van der Waals surface area contributed by atoms with Gasteiger partial charge in [-0.05, 0) is 54.1 Å². The van der Waals surface area contributed by atoms with Crippen LogP contribution in [0.2, 0.25) is 0 Å². The first-order valence-electron chi connectivity index (χ1n) is 10.9. The van der Waals surface area contributed by atoms with Crippen LogP contribution in [0.25, 0.3) is 39.6 Å². The van der Waals surface area contributed by atoms with E-state index < -0.39 is 0 Å². The molecule has 0 radical (unpaired) electrons. The number of carbonyl (C=O) groups is 1. The van der Waals surface area contributed by atoms with Crippen LogP contribution in [0.15, 0.2) is 73.1 Å². The van der Waals surface area contributed by atoms with Crippen LogP contribution in [0, 0.1) is 0 Å². The molecule has 0 aliphatic rings. The van der Waals surface area contributed by atoms with E-state index >= 15 is 0 Å². The van der Waals surface area contributed by atoms with Crippen molar-refractivity contribution in [1.82, 2.24) is 24.5 Å². The van der Waals surface area contributed by atoms with E-state index in [9.17, 15) is 4.79 Å². The molecule has 5 aromatic rings. The van der Waals surface area contributed by atoms with Crippen molar-refractivity contribution < 1.29 is 14.3 Å². The molecule has 35 heavy (non-hydrogen) atoms. The number of aromatic nitrogens is 5. The van der Waals surface area contributed by atoms with Crippen molar-refractivity contribution in [1.29, 1.82) is 0 Å². The van der Waals surface area contributed by atoms with Crippen molar-refractivity contribution in [2.45, 2.75) is 13.5 Å². The van der Waals surface area contributed by atoms with Crippen molar-refractivity contribution in [3.05, 3.63) is 78.6 Å². The first kappa shape index (κ1) is 22.0. The summed E-state index contributed by atoms with van der Waals surface area (Å²) in [7, 11) is 1.60. The third-order valence-electron chi connectivity index (χ3n) is 5.46. The van der Waals surface area contributed by atoms with Gasteiger partial charge in [-0.3, -0.25) is 14.3 Å². The van der Waals surface area contributed by atoms with E-state index in [-0.39, 0.29) is 12.6 Å². The Kier molecular flexibility index (Phi) is 5.80. The summed E-state index contributed by atoms with van der Waals surface area (Å²) >= 11 is 0. The zero-order chi connectivity index (χ0) is 24.4. The number of nitrogens with two attached hydrogens (primary N) is 1. The van der Waals surface area contributed by atoms with E-state index in [1.54, 1.807) is 19.5 Å². The fourth-order valence-corrected chi connectivity index (χ4v) is 3.71. The molecule has 0 amide bonds. The lowest BCUT2D eigenvalue weighted by Gasteiger charge is -2.11. The Morgan fingerprint density at radius 1 is 0.971 bits per heavy atom. The topological polar surface area (TPSA) is 118 Å². The molecule has 0 saturated heterocycles. The number of fused-ring (bicyclic) bond motifs is 1. The number of nitrogens with zero attached hydrogens (tertiary/aromatic N) is 5. The maximum atomic E-state index is 11.2. The van der Waals surface area contributed by atoms with E-state index in [1.807, 2.05) is 65.2 Å². The first-order valence-corrected chi connectivity index (χ1v) is 10.9. The average Bonchev–Trinajstić information content (AvgIpc) is 3.26. The number of imidazole rings is 1. The monoisotopic (exact) mass is 466 g/mol. The van der Waals surface area contributed by atoms with Gasteiger partial charge in [-0.15, -0.1) is 0 Å². The highest BCUT2D eigenvalue weighted by molar-refractivity contribution is 5.84. The predicted octanol–water partition coefficient (Wildman–Crippen LogP) is 4.20. The van der Waals surface area contributed by atoms with E-state index in [4.69, 9.17) is 25.2 Å². The third-order valence-corrected chi connectivity index (χ3v) is 5.46. The highest BCUT2D eigenvalue weighted by atomic mass is 16.5. The first-order chi connectivity index (χ1) is 17.0. The molecule has 4 aromatic heterocycles. The molecule has 0 bridgehead atoms. The molecule has 5 rings (SSSR count). The molecule has 0 aliphatic carbocycles. The molecule has 0 atom stereocenters. The van der Waals surface area contributed by atoms with Crippen LogP contribution < -0.4 is 10.5 Å². The average molecular weight is 467 g/mol. The minimum Gasteiger partial charge on any atom is -0.495 e. The zero-order valence-electron chi connectivity index (χ0n) is 19.2. The molecule has 9 heteroatoms. The number of ether oxygens (including phenoxy) is 2. The van der Waals surface area contributed by atoms with Gasteiger partial charge in [0.2, 0.25) is 0 Å². The van der Waals surface area contributed by atoms with Crippen molar-refractivity contribution in [3.63, 3.8) is 0 Å². The van der Waals surface area contributed by atoms with Crippen molar-refractivity contribution in [2.75, 3.05) is 12.8 Å². The molecule has 2 N–H and O–H groups in total. The number of esters is 1. The minimum absolute atomic E-state index is 0.203. The summed E-state index contributed by atoms with van der Waals surface area (Å²) < 4.78 is 12.3. The maximum absolute atomic E-state index is 11.2. The number of nitrogen functional groups attached to an aromatic ring is 1. The highest BCUT2D eigenvalue weighted by Crippen LogP contribution is 2.31. The Morgan fingerprint density at radius 3 is 2.46 bits per heavy atom. The molecule has 0 spiro atoms. The Balaban J connectivity index is 1.66. The summed E-state index contributed by atoms with van der Waals surface area (Å²) in [5, 5.41) is 0. The molecule has 0 unspecified atom stereocenters. The van der Waals surface area contributed by atoms with E-state index in [2.05, 4.69) is 9.97 Å². The smallest absolute Gasteiger partial charge is 0.302 e. The molecular weight excluding hydrogens is 444 g/mol. The Morgan fingerprint density at radius 2 is 1.77 bits per heavy atom. The molecule has 0 saturated carbocycles. The second-order valence-electron chi connectivity index (χ2n) is 7.78. The summed E-state index contributed by atoms with van der Waals surface area (Å²) in [5.74, 6) is 1.33. The standard InChI is InChI=1S/C26H22N6O3/c1-16(33)35-15-17-5-7-18(8-6-17)32-25(20-4-3-13-28-24(20)27)31-23-12-11-22(30-26(23)32)21-10-9-19(34-2)14-29-21/h3-14H,15H2,1-2H3,(H2,27,28). The normalized spacial score (nSPS) is 10.9. The summed E-state index contributed by atoms with van der Waals surface area (Å²) in [4.78, 5) is 29.6. The molecule has 4 heterocycles. The van der Waals surface area contributed by atoms with Gasteiger partial charge in [-0.1, -0.05) is 12.1 Å². The lowest BCUT2D eigenvalue weighted by atomic mass is 10.2. The van der Waals surface area contributed by atoms with Crippen LogP contribution in [-0.4, -0.2) is 37.6 Å². The van der Waals surface area contributed by atoms with Gasteiger partial charge >= 0.3 is 5.97 Å². The van der Waals surface area contributed by atoms with Crippen LogP contribution in [0.3, 0.4) is 0 Å². The van der Waals surface area contributed by atoms with Gasteiger partial charge in [-0.2, -0.15) is 0 Å². The Hall–Kier alpha value is -4.79. The van der Waals surface area contributed by atoms with Crippen molar-refractivity contribution in [2.24, 2.45) is 0 Å². The van der Waals surface area contributed by atoms with Gasteiger partial charge in [0.1, 0.15) is 23.7 Å². The van der Waals surface area contributed by atoms with Gasteiger partial charge in [0, 0.05) is 18.8 Å². The summed E-state index contributed by atoms with van der Waals surface area (Å²) in [6.07, 6.45) is 3.30. The van der Waals surface area contributed by atoms with Gasteiger partial charge in [0.25, 0.3) is 0 Å². The number of rotatable bonds is 6. The minimum atomic E-state index is -0.326. The fraction of sp³-hybridized carbons (Fsp3) is 0.115. The van der Waals surface area contributed by atoms with Crippen LogP contribution in [-0.2, 0) is 16.1 Å². The van der Waals surface area contributed by atoms with Crippen molar-refractivity contribution >= 4 is 23.0 Å². The number of anilines is 1. The molecule has 1 aromatic carbocycles. The van der Waals surface area contributed by atoms with E-state index in [0.717, 1.165) is 11.3 Å². The second kappa shape index (κ2) is 9.22. The summed E-state index contributed by atoms with van der Waals surface area (Å²) in [5.41, 5.74) is 11.3. The van der Waals surface area contributed by atoms with E-state index in [1.165, 1.54) is 6.92 Å². The highest BCUT2D eigenvalue weighted by Gasteiger charge is 2.19.